The van der Waals surface area contributed by atoms with Crippen LogP contribution < -0.4 is 0 Å². The highest BCUT2D eigenvalue weighted by atomic mass is 127. The molecule has 0 spiro atoms. The van der Waals surface area contributed by atoms with Crippen LogP contribution in [0, 0.1) is 0 Å². The Bertz CT molecular complexity index is 285. The van der Waals surface area contributed by atoms with Gasteiger partial charge in [0, 0.05) is 0 Å². The highest BCUT2D eigenvalue weighted by Gasteiger charge is 2.41. The number of urea groups is 1. The third-order valence-corrected chi connectivity index (χ3v) is 3.45. The normalized spacial score (nSPS) is 25.3. The molecule has 0 aromatic carbocycles. The molecule has 1 rings (SSSR count). The molecule has 1 atom stereocenters. The Morgan fingerprint density at radius 3 is 2.50 bits per heavy atom. The van der Waals surface area contributed by atoms with Crippen molar-refractivity contribution in [2.45, 2.75) is 10.8 Å². The van der Waals surface area contributed by atoms with E-state index in [-0.39, 0.29) is 15.9 Å². The molecule has 1 heterocycles. The van der Waals surface area contributed by atoms with E-state index in [1.807, 2.05) is 22.6 Å². The average Bonchev–Trinajstić information content (AvgIpc) is 2.08. The van der Waals surface area contributed by atoms with E-state index in [4.69, 9.17) is 0 Å². The highest BCUT2D eigenvalue weighted by molar-refractivity contribution is 14.1. The van der Waals surface area contributed by atoms with Crippen LogP contribution in [0.2, 0.25) is 0 Å². The maximum Gasteiger partial charge on any atom is 0.500 e. The minimum absolute atomic E-state index is 0.142. The predicted octanol–water partition coefficient (Wildman–Crippen LogP) is 0.485. The molecule has 0 aromatic heterocycles. The van der Waals surface area contributed by atoms with Crippen LogP contribution in [0.5, 0.6) is 0 Å². The van der Waals surface area contributed by atoms with Crippen LogP contribution in [0.25, 0.3) is 0 Å². The van der Waals surface area contributed by atoms with E-state index in [2.05, 4.69) is 0 Å². The van der Waals surface area contributed by atoms with Crippen molar-refractivity contribution in [3.63, 3.8) is 0 Å². The molecular formula is C7H10IN2O2+. The summed E-state index contributed by atoms with van der Waals surface area (Å²) >= 11 is 2.03. The Morgan fingerprint density at radius 1 is 1.50 bits per heavy atom. The number of rotatable bonds is 0. The lowest BCUT2D eigenvalue weighted by Crippen LogP contribution is -2.51. The lowest BCUT2D eigenvalue weighted by atomic mass is 10.2. The zero-order chi connectivity index (χ0) is 9.46. The molecule has 1 unspecified atom stereocenters. The monoisotopic (exact) mass is 281 g/mol. The van der Waals surface area contributed by atoms with Gasteiger partial charge >= 0.3 is 11.9 Å². The van der Waals surface area contributed by atoms with Gasteiger partial charge in [-0.2, -0.15) is 9.69 Å². The summed E-state index contributed by atoms with van der Waals surface area (Å²) in [6.07, 6.45) is 0. The fourth-order valence-electron chi connectivity index (χ4n) is 0.989. The molecule has 0 aromatic rings. The van der Waals surface area contributed by atoms with Gasteiger partial charge in [0.15, 0.2) is 3.92 Å². The van der Waals surface area contributed by atoms with Gasteiger partial charge in [-0.1, -0.05) is 22.6 Å². The Kier molecular flexibility index (Phi) is 2.50. The summed E-state index contributed by atoms with van der Waals surface area (Å²) in [5.74, 6) is -0.142. The summed E-state index contributed by atoms with van der Waals surface area (Å²) in [7, 11) is 3.17. The lowest BCUT2D eigenvalue weighted by Gasteiger charge is -2.19. The molecule has 1 aliphatic heterocycles. The third-order valence-electron chi connectivity index (χ3n) is 2.02. The zero-order valence-electron chi connectivity index (χ0n) is 7.17. The van der Waals surface area contributed by atoms with Gasteiger partial charge in [0.2, 0.25) is 0 Å². The van der Waals surface area contributed by atoms with Crippen molar-refractivity contribution < 1.29 is 14.2 Å². The smallest absolute Gasteiger partial charge is 0.245 e. The molecule has 3 amide bonds. The van der Waals surface area contributed by atoms with Crippen molar-refractivity contribution in [3.8, 4) is 0 Å². The van der Waals surface area contributed by atoms with Crippen LogP contribution in [0.3, 0.4) is 0 Å². The Balaban J connectivity index is 3.17. The quantitative estimate of drug-likeness (QED) is 0.368. The van der Waals surface area contributed by atoms with Gasteiger partial charge in [0.1, 0.15) is 5.71 Å². The van der Waals surface area contributed by atoms with E-state index in [0.29, 0.717) is 0 Å². The van der Waals surface area contributed by atoms with E-state index >= 15 is 0 Å². The molecular weight excluding hydrogens is 271 g/mol. The average molecular weight is 281 g/mol. The van der Waals surface area contributed by atoms with Gasteiger partial charge in [-0.25, -0.2) is 9.37 Å². The van der Waals surface area contributed by atoms with Gasteiger partial charge in [0.25, 0.3) is 0 Å². The van der Waals surface area contributed by atoms with Crippen LogP contribution in [0.1, 0.15) is 6.92 Å². The van der Waals surface area contributed by atoms with Gasteiger partial charge in [0.05, 0.1) is 14.1 Å². The zero-order valence-corrected chi connectivity index (χ0v) is 9.32. The number of carbonyl (C=O) groups excluding carboxylic acids is 2. The van der Waals surface area contributed by atoms with E-state index in [1.165, 1.54) is 11.6 Å². The second-order valence-corrected chi connectivity index (χ2v) is 3.99. The Labute approximate surface area is 84.4 Å². The van der Waals surface area contributed by atoms with Crippen molar-refractivity contribution in [1.29, 1.82) is 0 Å². The van der Waals surface area contributed by atoms with Crippen LogP contribution in [-0.2, 0) is 4.79 Å². The third kappa shape index (κ3) is 1.26. The molecule has 0 saturated heterocycles. The first-order valence-corrected chi connectivity index (χ1v) is 4.74. The van der Waals surface area contributed by atoms with Crippen molar-refractivity contribution >= 4 is 40.2 Å². The van der Waals surface area contributed by atoms with Crippen LogP contribution in [0.15, 0.2) is 0 Å². The maximum atomic E-state index is 11.3. The van der Waals surface area contributed by atoms with Gasteiger partial charge in [-0.3, -0.25) is 0 Å². The molecule has 0 radical (unpaired) electrons. The first-order chi connectivity index (χ1) is 5.46. The minimum Gasteiger partial charge on any atom is -0.245 e. The van der Waals surface area contributed by atoms with E-state index in [1.54, 1.807) is 14.0 Å². The molecule has 0 fully saturated rings. The largest absolute Gasteiger partial charge is 0.500 e. The van der Waals surface area contributed by atoms with Crippen LogP contribution in [0.4, 0.5) is 4.79 Å². The summed E-state index contributed by atoms with van der Waals surface area (Å²) in [6, 6.07) is -0.259. The molecule has 5 heteroatoms. The van der Waals surface area contributed by atoms with Crippen molar-refractivity contribution in [2.75, 3.05) is 14.1 Å². The fourth-order valence-corrected chi connectivity index (χ4v) is 1.82. The lowest BCUT2D eigenvalue weighted by molar-refractivity contribution is -0.404. The number of hydrogen-bond acceptors (Lipinski definition) is 2. The maximum absolute atomic E-state index is 11.3. The molecule has 0 N–H and O–H groups in total. The van der Waals surface area contributed by atoms with E-state index in [0.717, 1.165) is 10.6 Å². The Hall–Kier alpha value is -0.460. The summed E-state index contributed by atoms with van der Waals surface area (Å²) in [6.45, 7) is 1.79. The number of hydrogen-bond donors (Lipinski definition) is 0. The number of amides is 3. The van der Waals surface area contributed by atoms with E-state index < -0.39 is 0 Å². The topological polar surface area (TPSA) is 40.4 Å². The molecule has 66 valence electrons. The summed E-state index contributed by atoms with van der Waals surface area (Å²) in [4.78, 5) is 23.8. The summed E-state index contributed by atoms with van der Waals surface area (Å²) in [5.41, 5.74) is 0.795. The molecule has 0 aliphatic carbocycles. The van der Waals surface area contributed by atoms with Gasteiger partial charge in [-0.05, 0) is 6.92 Å². The van der Waals surface area contributed by atoms with Crippen molar-refractivity contribution in [3.05, 3.63) is 0 Å². The van der Waals surface area contributed by atoms with E-state index in [9.17, 15) is 9.59 Å². The fraction of sp³-hybridized carbons (Fsp3) is 0.571. The number of imide groups is 1. The standard InChI is InChI=1S/C7H10IN2O2/c1-4-5(8)6(11)10(3)7(12)9(4)2/h5H,1-3H3/q+1. The Morgan fingerprint density at radius 2 is 2.00 bits per heavy atom. The molecule has 0 bridgehead atoms. The summed E-state index contributed by atoms with van der Waals surface area (Å²) in [5, 5.41) is 0. The van der Waals surface area contributed by atoms with Crippen molar-refractivity contribution in [2.24, 2.45) is 0 Å². The number of halogens is 1. The summed E-state index contributed by atoms with van der Waals surface area (Å²) < 4.78 is 1.29. The highest BCUT2D eigenvalue weighted by Crippen LogP contribution is 2.12. The van der Waals surface area contributed by atoms with Crippen LogP contribution >= 0.6 is 22.6 Å². The van der Waals surface area contributed by atoms with Crippen molar-refractivity contribution in [1.82, 2.24) is 4.90 Å². The number of nitrogens with zero attached hydrogens (tertiary/aromatic N) is 2. The first-order valence-electron chi connectivity index (χ1n) is 3.49. The van der Waals surface area contributed by atoms with Gasteiger partial charge in [-0.15, -0.1) is 0 Å². The van der Waals surface area contributed by atoms with Crippen LogP contribution in [-0.4, -0.2) is 45.1 Å². The molecule has 4 nitrogen and oxygen atoms in total. The number of alkyl halides is 1. The molecule has 1 aliphatic rings. The molecule has 12 heavy (non-hydrogen) atoms. The second-order valence-electron chi connectivity index (χ2n) is 2.74. The minimum atomic E-state index is -0.259. The second kappa shape index (κ2) is 3.12. The SMILES string of the molecule is CC1=[N+](C)C(=O)N(C)C(=O)C1I. The molecule has 0 saturated carbocycles. The number of carbonyl (C=O) groups is 2. The van der Waals surface area contributed by atoms with Gasteiger partial charge < -0.3 is 0 Å². The predicted molar refractivity (Wildman–Crippen MR) is 52.8 cm³/mol. The first kappa shape index (κ1) is 9.63.